The lowest BCUT2D eigenvalue weighted by atomic mass is 9.99. The van der Waals surface area contributed by atoms with Crippen LogP contribution < -0.4 is 5.32 Å². The van der Waals surface area contributed by atoms with Gasteiger partial charge in [0.2, 0.25) is 15.9 Å². The van der Waals surface area contributed by atoms with Gasteiger partial charge in [0.25, 0.3) is 0 Å². The van der Waals surface area contributed by atoms with Gasteiger partial charge >= 0.3 is 0 Å². The Kier molecular flexibility index (Phi) is 8.48. The molecule has 0 spiro atoms. The van der Waals surface area contributed by atoms with Crippen molar-refractivity contribution in [1.82, 2.24) is 9.62 Å². The van der Waals surface area contributed by atoms with E-state index in [1.807, 2.05) is 12.1 Å². The third-order valence-electron chi connectivity index (χ3n) is 4.93. The maximum absolute atomic E-state index is 12.8. The Morgan fingerprint density at radius 2 is 1.90 bits per heavy atom. The van der Waals surface area contributed by atoms with Crippen LogP contribution in [0.1, 0.15) is 18.4 Å². The second kappa shape index (κ2) is 10.9. The summed E-state index contributed by atoms with van der Waals surface area (Å²) in [4.78, 5) is 12.8. The van der Waals surface area contributed by atoms with Crippen molar-refractivity contribution in [1.29, 1.82) is 0 Å². The highest BCUT2D eigenvalue weighted by Gasteiger charge is 2.33. The van der Waals surface area contributed by atoms with Crippen molar-refractivity contribution in [3.63, 3.8) is 0 Å². The van der Waals surface area contributed by atoms with E-state index in [2.05, 4.69) is 5.32 Å². The largest absolute Gasteiger partial charge is 0.355 e. The minimum atomic E-state index is -3.57. The van der Waals surface area contributed by atoms with Gasteiger partial charge in [-0.1, -0.05) is 47.5 Å². The molecule has 1 N–H and O–H groups in total. The number of thioether (sulfide) groups is 1. The fourth-order valence-corrected chi connectivity index (χ4v) is 6.00. The molecule has 1 heterocycles. The molecule has 1 saturated heterocycles. The first-order valence-corrected chi connectivity index (χ1v) is 13.1. The van der Waals surface area contributed by atoms with Gasteiger partial charge in [0.05, 0.1) is 20.9 Å². The maximum Gasteiger partial charge on any atom is 0.243 e. The Balaban J connectivity index is 1.44. The summed E-state index contributed by atoms with van der Waals surface area (Å²) >= 11 is 13.6. The normalized spacial score (nSPS) is 17.6. The molecule has 0 aliphatic carbocycles. The quantitative estimate of drug-likeness (QED) is 0.559. The number of sulfonamides is 1. The van der Waals surface area contributed by atoms with Crippen LogP contribution in [0.4, 0.5) is 0 Å². The van der Waals surface area contributed by atoms with E-state index in [0.29, 0.717) is 36.0 Å². The number of rotatable bonds is 8. The Labute approximate surface area is 192 Å². The molecule has 1 aliphatic rings. The number of carbonyl (C=O) groups excluding carboxylic acids is 1. The van der Waals surface area contributed by atoms with Crippen molar-refractivity contribution in [2.45, 2.75) is 23.5 Å². The minimum Gasteiger partial charge on any atom is -0.355 e. The molecule has 2 aromatic rings. The van der Waals surface area contributed by atoms with E-state index in [9.17, 15) is 13.2 Å². The van der Waals surface area contributed by atoms with Gasteiger partial charge < -0.3 is 5.32 Å². The lowest BCUT2D eigenvalue weighted by Crippen LogP contribution is -2.45. The highest BCUT2D eigenvalue weighted by Crippen LogP contribution is 2.25. The van der Waals surface area contributed by atoms with E-state index in [1.165, 1.54) is 4.31 Å². The highest BCUT2D eigenvalue weighted by molar-refractivity contribution is 7.98. The van der Waals surface area contributed by atoms with Gasteiger partial charge in [-0.05, 0) is 42.7 Å². The summed E-state index contributed by atoms with van der Waals surface area (Å²) in [5.74, 6) is 1.12. The molecule has 0 bridgehead atoms. The van der Waals surface area contributed by atoms with Crippen molar-refractivity contribution in [2.75, 3.05) is 25.4 Å². The summed E-state index contributed by atoms with van der Waals surface area (Å²) in [5, 5.41) is 4.02. The van der Waals surface area contributed by atoms with Crippen molar-refractivity contribution in [3.05, 3.63) is 64.1 Å². The van der Waals surface area contributed by atoms with Gasteiger partial charge in [-0.25, -0.2) is 8.42 Å². The van der Waals surface area contributed by atoms with Gasteiger partial charge in [0.15, 0.2) is 0 Å². The van der Waals surface area contributed by atoms with Crippen LogP contribution in [0.3, 0.4) is 0 Å². The van der Waals surface area contributed by atoms with Crippen LogP contribution in [0.5, 0.6) is 0 Å². The van der Waals surface area contributed by atoms with Crippen molar-refractivity contribution in [2.24, 2.45) is 5.92 Å². The number of hydrogen-bond acceptors (Lipinski definition) is 4. The first-order chi connectivity index (χ1) is 14.4. The maximum atomic E-state index is 12.8. The summed E-state index contributed by atoms with van der Waals surface area (Å²) in [5.41, 5.74) is 1.08. The summed E-state index contributed by atoms with van der Waals surface area (Å²) in [6.07, 6.45) is 1.37. The van der Waals surface area contributed by atoms with E-state index < -0.39 is 10.0 Å². The van der Waals surface area contributed by atoms with E-state index >= 15 is 0 Å². The smallest absolute Gasteiger partial charge is 0.243 e. The SMILES string of the molecule is O=C(NCCSCc1ccc(Cl)c(Cl)c1)C1CCCN(S(=O)(=O)c2ccccc2)C1. The van der Waals surface area contributed by atoms with Gasteiger partial charge in [-0.3, -0.25) is 4.79 Å². The lowest BCUT2D eigenvalue weighted by Gasteiger charge is -2.31. The average molecular weight is 487 g/mol. The molecule has 1 amide bonds. The third kappa shape index (κ3) is 6.14. The molecular weight excluding hydrogens is 463 g/mol. The second-order valence-electron chi connectivity index (χ2n) is 7.11. The van der Waals surface area contributed by atoms with E-state index in [4.69, 9.17) is 23.2 Å². The summed E-state index contributed by atoms with van der Waals surface area (Å²) < 4.78 is 27.0. The molecule has 0 aromatic heterocycles. The Hall–Kier alpha value is -1.25. The lowest BCUT2D eigenvalue weighted by molar-refractivity contribution is -0.125. The molecule has 1 unspecified atom stereocenters. The molecule has 3 rings (SSSR count). The Bertz CT molecular complexity index is 971. The van der Waals surface area contributed by atoms with Crippen molar-refractivity contribution >= 4 is 50.9 Å². The molecule has 9 heteroatoms. The Morgan fingerprint density at radius 1 is 1.13 bits per heavy atom. The van der Waals surface area contributed by atoms with Crippen molar-refractivity contribution in [3.8, 4) is 0 Å². The number of nitrogens with zero attached hydrogens (tertiary/aromatic N) is 1. The number of hydrogen-bond donors (Lipinski definition) is 1. The zero-order chi connectivity index (χ0) is 21.6. The number of halogens is 2. The zero-order valence-corrected chi connectivity index (χ0v) is 19.5. The summed E-state index contributed by atoms with van der Waals surface area (Å²) in [6.45, 7) is 1.20. The first-order valence-electron chi connectivity index (χ1n) is 9.72. The van der Waals surface area contributed by atoms with Gasteiger partial charge in [0, 0.05) is 31.1 Å². The average Bonchev–Trinajstić information content (AvgIpc) is 2.76. The van der Waals surface area contributed by atoms with Gasteiger partial charge in [-0.2, -0.15) is 16.1 Å². The molecule has 2 aromatic carbocycles. The van der Waals surface area contributed by atoms with E-state index in [0.717, 1.165) is 17.1 Å². The number of benzene rings is 2. The van der Waals surface area contributed by atoms with Crippen molar-refractivity contribution < 1.29 is 13.2 Å². The first kappa shape index (κ1) is 23.4. The van der Waals surface area contributed by atoms with E-state index in [-0.39, 0.29) is 23.3 Å². The highest BCUT2D eigenvalue weighted by atomic mass is 35.5. The predicted octanol–water partition coefficient (Wildman–Crippen LogP) is 4.44. The molecule has 30 heavy (non-hydrogen) atoms. The molecule has 0 saturated carbocycles. The monoisotopic (exact) mass is 486 g/mol. The molecule has 5 nitrogen and oxygen atoms in total. The van der Waals surface area contributed by atoms with Crippen LogP contribution in [0, 0.1) is 5.92 Å². The topological polar surface area (TPSA) is 66.5 Å². The van der Waals surface area contributed by atoms with Crippen LogP contribution in [0.2, 0.25) is 10.0 Å². The molecule has 0 radical (unpaired) electrons. The fraction of sp³-hybridized carbons (Fsp3) is 0.381. The van der Waals surface area contributed by atoms with Gasteiger partial charge in [-0.15, -0.1) is 0 Å². The van der Waals surface area contributed by atoms with Crippen LogP contribution in [0.25, 0.3) is 0 Å². The summed E-state index contributed by atoms with van der Waals surface area (Å²) in [7, 11) is -3.57. The fourth-order valence-electron chi connectivity index (χ4n) is 3.33. The Morgan fingerprint density at radius 3 is 2.63 bits per heavy atom. The number of amides is 1. The van der Waals surface area contributed by atoms with Gasteiger partial charge in [0.1, 0.15) is 0 Å². The molecular formula is C21H24Cl2N2O3S2. The number of carbonyl (C=O) groups is 1. The predicted molar refractivity (Wildman–Crippen MR) is 124 cm³/mol. The second-order valence-corrected chi connectivity index (χ2v) is 11.0. The summed E-state index contributed by atoms with van der Waals surface area (Å²) in [6, 6.07) is 13.9. The number of nitrogens with one attached hydrogen (secondary N) is 1. The number of piperidine rings is 1. The molecule has 1 atom stereocenters. The van der Waals surface area contributed by atoms with Crippen LogP contribution in [0.15, 0.2) is 53.4 Å². The standard InChI is InChI=1S/C21H24Cl2N2O3S2/c22-19-9-8-16(13-20(19)23)15-29-12-10-24-21(26)17-5-4-11-25(14-17)30(27,28)18-6-2-1-3-7-18/h1-3,6-9,13,17H,4-5,10-12,14-15H2,(H,24,26). The molecule has 162 valence electrons. The van der Waals surface area contributed by atoms with Crippen LogP contribution in [-0.4, -0.2) is 44.0 Å². The molecule has 1 fully saturated rings. The molecule has 1 aliphatic heterocycles. The van der Waals surface area contributed by atoms with Crippen LogP contribution >= 0.6 is 35.0 Å². The zero-order valence-electron chi connectivity index (χ0n) is 16.4. The minimum absolute atomic E-state index is 0.0851. The van der Waals surface area contributed by atoms with Crippen LogP contribution in [-0.2, 0) is 20.6 Å². The third-order valence-corrected chi connectivity index (χ3v) is 8.58. The van der Waals surface area contributed by atoms with E-state index in [1.54, 1.807) is 48.2 Å².